The van der Waals surface area contributed by atoms with Crippen molar-refractivity contribution in [1.82, 2.24) is 0 Å². The number of ether oxygens (including phenoxy) is 1. The largest absolute Gasteiger partial charge is 0.484 e. The van der Waals surface area contributed by atoms with Crippen LogP contribution in [0.25, 0.3) is 11.1 Å². The van der Waals surface area contributed by atoms with E-state index in [9.17, 15) is 17.6 Å². The van der Waals surface area contributed by atoms with Gasteiger partial charge in [-0.3, -0.25) is 0 Å². The summed E-state index contributed by atoms with van der Waals surface area (Å²) in [5.41, 5.74) is 4.96. The van der Waals surface area contributed by atoms with E-state index in [2.05, 4.69) is 5.32 Å². The van der Waals surface area contributed by atoms with Gasteiger partial charge < -0.3 is 15.8 Å². The van der Waals surface area contributed by atoms with Gasteiger partial charge in [-0.1, -0.05) is 18.2 Å². The topological polar surface area (TPSA) is 47.3 Å². The van der Waals surface area contributed by atoms with Crippen LogP contribution in [0.4, 0.5) is 23.2 Å². The predicted molar refractivity (Wildman–Crippen MR) is 78.8 cm³/mol. The van der Waals surface area contributed by atoms with E-state index in [4.69, 9.17) is 10.5 Å². The number of alkyl halides is 3. The molecule has 0 aliphatic carbocycles. The van der Waals surface area contributed by atoms with Gasteiger partial charge in [0, 0.05) is 18.2 Å². The first-order chi connectivity index (χ1) is 10.9. The second-order valence-corrected chi connectivity index (χ2v) is 5.23. The lowest BCUT2D eigenvalue weighted by molar-refractivity contribution is -0.137. The summed E-state index contributed by atoms with van der Waals surface area (Å²) in [4.78, 5) is 0. The van der Waals surface area contributed by atoms with Gasteiger partial charge in [0.05, 0.1) is 17.8 Å². The van der Waals surface area contributed by atoms with Crippen LogP contribution in [0.5, 0.6) is 5.75 Å². The summed E-state index contributed by atoms with van der Waals surface area (Å²) in [5, 5.41) is 2.95. The highest BCUT2D eigenvalue weighted by molar-refractivity contribution is 5.81. The number of benzene rings is 2. The number of nitrogens with two attached hydrogens (primary N) is 1. The van der Waals surface area contributed by atoms with Crippen LogP contribution in [0.2, 0.25) is 0 Å². The molecule has 1 unspecified atom stereocenters. The minimum Gasteiger partial charge on any atom is -0.484 e. The van der Waals surface area contributed by atoms with Gasteiger partial charge in [-0.2, -0.15) is 13.2 Å². The van der Waals surface area contributed by atoms with Gasteiger partial charge in [0.2, 0.25) is 0 Å². The minimum absolute atomic E-state index is 0.0542. The number of halogens is 4. The van der Waals surface area contributed by atoms with Crippen molar-refractivity contribution in [1.29, 1.82) is 0 Å². The molecular formula is C16H14F4N2O. The van der Waals surface area contributed by atoms with Crippen molar-refractivity contribution >= 4 is 5.69 Å². The fraction of sp³-hybridized carbons (Fsp3) is 0.250. The number of rotatable bonds is 2. The molecule has 122 valence electrons. The Morgan fingerprint density at radius 2 is 1.91 bits per heavy atom. The zero-order valence-corrected chi connectivity index (χ0v) is 12.0. The second kappa shape index (κ2) is 5.73. The van der Waals surface area contributed by atoms with Gasteiger partial charge in [-0.15, -0.1) is 0 Å². The predicted octanol–water partition coefficient (Wildman–Crippen LogP) is 3.64. The van der Waals surface area contributed by atoms with Crippen LogP contribution in [0.3, 0.4) is 0 Å². The Kier molecular flexibility index (Phi) is 3.89. The van der Waals surface area contributed by atoms with Crippen molar-refractivity contribution < 1.29 is 22.3 Å². The first kappa shape index (κ1) is 15.6. The number of fused-ring (bicyclic) bond motifs is 1. The fourth-order valence-electron chi connectivity index (χ4n) is 2.58. The monoisotopic (exact) mass is 326 g/mol. The lowest BCUT2D eigenvalue weighted by atomic mass is 9.97. The average Bonchev–Trinajstić information content (AvgIpc) is 2.53. The molecule has 1 heterocycles. The smallest absolute Gasteiger partial charge is 0.417 e. The molecule has 0 aromatic heterocycles. The summed E-state index contributed by atoms with van der Waals surface area (Å²) in [7, 11) is 0. The standard InChI is InChI=1S/C16H14F4N2O/c17-9-5-12(11-3-1-2-4-13(11)16(18,19)20)15-14(6-9)22-8-10(7-21)23-15/h1-6,10,22H,7-8,21H2. The number of anilines is 1. The lowest BCUT2D eigenvalue weighted by Gasteiger charge is -2.29. The van der Waals surface area contributed by atoms with E-state index in [0.29, 0.717) is 12.2 Å². The van der Waals surface area contributed by atoms with Crippen molar-refractivity contribution in [3.05, 3.63) is 47.8 Å². The quantitative estimate of drug-likeness (QED) is 0.828. The van der Waals surface area contributed by atoms with Crippen LogP contribution < -0.4 is 15.8 Å². The van der Waals surface area contributed by atoms with Crippen molar-refractivity contribution in [2.75, 3.05) is 18.4 Å². The Hall–Kier alpha value is -2.28. The Morgan fingerprint density at radius 1 is 1.17 bits per heavy atom. The SMILES string of the molecule is NCC1CNc2cc(F)cc(-c3ccccc3C(F)(F)F)c2O1. The zero-order valence-electron chi connectivity index (χ0n) is 12.0. The van der Waals surface area contributed by atoms with Gasteiger partial charge in [-0.05, 0) is 17.7 Å². The molecule has 0 saturated carbocycles. The second-order valence-electron chi connectivity index (χ2n) is 5.23. The molecule has 3 rings (SSSR count). The molecular weight excluding hydrogens is 312 g/mol. The molecule has 1 atom stereocenters. The van der Waals surface area contributed by atoms with Gasteiger partial charge in [0.1, 0.15) is 11.9 Å². The molecule has 7 heteroatoms. The van der Waals surface area contributed by atoms with E-state index >= 15 is 0 Å². The number of hydrogen-bond donors (Lipinski definition) is 2. The lowest BCUT2D eigenvalue weighted by Crippen LogP contribution is -2.37. The molecule has 0 saturated heterocycles. The zero-order chi connectivity index (χ0) is 16.6. The number of hydrogen-bond acceptors (Lipinski definition) is 3. The molecule has 2 aromatic rings. The summed E-state index contributed by atoms with van der Waals surface area (Å²) >= 11 is 0. The molecule has 3 N–H and O–H groups in total. The molecule has 0 spiro atoms. The van der Waals surface area contributed by atoms with Crippen LogP contribution in [-0.2, 0) is 6.18 Å². The van der Waals surface area contributed by atoms with Crippen LogP contribution >= 0.6 is 0 Å². The summed E-state index contributed by atoms with van der Waals surface area (Å²) in [6, 6.07) is 7.26. The van der Waals surface area contributed by atoms with Crippen LogP contribution in [0, 0.1) is 5.82 Å². The maximum absolute atomic E-state index is 13.8. The summed E-state index contributed by atoms with van der Waals surface area (Å²) in [6.45, 7) is 0.567. The van der Waals surface area contributed by atoms with Gasteiger partial charge in [0.25, 0.3) is 0 Å². The summed E-state index contributed by atoms with van der Waals surface area (Å²) in [6.07, 6.45) is -4.93. The van der Waals surface area contributed by atoms with Gasteiger partial charge in [0.15, 0.2) is 5.75 Å². The highest BCUT2D eigenvalue weighted by Crippen LogP contribution is 2.44. The van der Waals surface area contributed by atoms with E-state index in [1.54, 1.807) is 0 Å². The van der Waals surface area contributed by atoms with Crippen LogP contribution in [-0.4, -0.2) is 19.2 Å². The summed E-state index contributed by atoms with van der Waals surface area (Å²) < 4.78 is 59.2. The normalized spacial score (nSPS) is 17.2. The molecule has 0 amide bonds. The van der Waals surface area contributed by atoms with E-state index in [-0.39, 0.29) is 29.5 Å². The molecule has 1 aliphatic rings. The van der Waals surface area contributed by atoms with Crippen LogP contribution in [0.15, 0.2) is 36.4 Å². The first-order valence-electron chi connectivity index (χ1n) is 7.01. The van der Waals surface area contributed by atoms with Crippen molar-refractivity contribution in [2.45, 2.75) is 12.3 Å². The third-order valence-electron chi connectivity index (χ3n) is 3.64. The van der Waals surface area contributed by atoms with E-state index < -0.39 is 17.6 Å². The Bertz CT molecular complexity index is 731. The molecule has 2 aromatic carbocycles. The van der Waals surface area contributed by atoms with Crippen LogP contribution in [0.1, 0.15) is 5.56 Å². The third kappa shape index (κ3) is 2.96. The highest BCUT2D eigenvalue weighted by atomic mass is 19.4. The third-order valence-corrected chi connectivity index (χ3v) is 3.64. The van der Waals surface area contributed by atoms with E-state index in [1.807, 2.05) is 0 Å². The van der Waals surface area contributed by atoms with Crippen molar-refractivity contribution in [2.24, 2.45) is 5.73 Å². The van der Waals surface area contributed by atoms with Crippen molar-refractivity contribution in [3.8, 4) is 16.9 Å². The highest BCUT2D eigenvalue weighted by Gasteiger charge is 2.35. The Balaban J connectivity index is 2.20. The van der Waals surface area contributed by atoms with E-state index in [0.717, 1.165) is 12.1 Å². The Morgan fingerprint density at radius 3 is 2.61 bits per heavy atom. The van der Waals surface area contributed by atoms with E-state index in [1.165, 1.54) is 24.3 Å². The molecule has 0 fully saturated rings. The summed E-state index contributed by atoms with van der Waals surface area (Å²) in [5.74, 6) is -0.456. The Labute approximate surface area is 130 Å². The number of nitrogens with one attached hydrogen (secondary N) is 1. The minimum atomic E-state index is -4.55. The average molecular weight is 326 g/mol. The first-order valence-corrected chi connectivity index (χ1v) is 7.01. The maximum Gasteiger partial charge on any atom is 0.417 e. The molecule has 1 aliphatic heterocycles. The fourth-order valence-corrected chi connectivity index (χ4v) is 2.58. The molecule has 23 heavy (non-hydrogen) atoms. The molecule has 0 radical (unpaired) electrons. The van der Waals surface area contributed by atoms with Crippen molar-refractivity contribution in [3.63, 3.8) is 0 Å². The van der Waals surface area contributed by atoms with Gasteiger partial charge >= 0.3 is 6.18 Å². The van der Waals surface area contributed by atoms with Gasteiger partial charge in [-0.25, -0.2) is 4.39 Å². The molecule has 0 bridgehead atoms. The maximum atomic E-state index is 13.8. The molecule has 3 nitrogen and oxygen atoms in total.